The summed E-state index contributed by atoms with van der Waals surface area (Å²) in [7, 11) is 0. The van der Waals surface area contributed by atoms with Gasteiger partial charge in [0.2, 0.25) is 0 Å². The monoisotopic (exact) mass is 632 g/mol. The van der Waals surface area contributed by atoms with Crippen molar-refractivity contribution in [3.8, 4) is 11.5 Å². The van der Waals surface area contributed by atoms with Crippen LogP contribution in [-0.4, -0.2) is 23.5 Å². The molecular formula is C40H40O7. The third-order valence-corrected chi connectivity index (χ3v) is 7.84. The smallest absolute Gasteiger partial charge is 0.457 e. The standard InChI is InChI=1S/C40H40O7/c1-24-9-8-10-29(19-24)34-35-30-20-25(22-43-37(41)46-39(2,3)4)11-13-27(30)15-17-32(35)45-33-18-16-28-14-12-26(21-31(28)36(33)34)23-44-38(42)47-40(5,6)7/h8-21,34H,22-23H2,1-7H3. The summed E-state index contributed by atoms with van der Waals surface area (Å²) in [5.74, 6) is 1.36. The van der Waals surface area contributed by atoms with Gasteiger partial charge in [0.05, 0.1) is 0 Å². The Morgan fingerprint density at radius 1 is 0.638 bits per heavy atom. The Balaban J connectivity index is 1.46. The Kier molecular flexibility index (Phi) is 8.35. The Morgan fingerprint density at radius 3 is 1.55 bits per heavy atom. The minimum atomic E-state index is -0.708. The van der Waals surface area contributed by atoms with E-state index in [1.54, 1.807) is 41.5 Å². The van der Waals surface area contributed by atoms with Gasteiger partial charge in [-0.1, -0.05) is 66.2 Å². The van der Waals surface area contributed by atoms with Gasteiger partial charge in [0.1, 0.15) is 35.9 Å². The molecule has 7 nitrogen and oxygen atoms in total. The van der Waals surface area contributed by atoms with E-state index in [0.717, 1.165) is 66.4 Å². The SMILES string of the molecule is Cc1cccc(C2c3c(ccc4ccc(COC(=O)OC(C)(C)C)cc34)Oc3ccc4ccc(COC(=O)OC(C)(C)C)cc4c32)c1. The Morgan fingerprint density at radius 2 is 1.11 bits per heavy atom. The van der Waals surface area contributed by atoms with Crippen molar-refractivity contribution in [2.45, 2.75) is 78.8 Å². The van der Waals surface area contributed by atoms with E-state index in [-0.39, 0.29) is 19.1 Å². The quantitative estimate of drug-likeness (QED) is 0.175. The second-order valence-corrected chi connectivity index (χ2v) is 14.0. The predicted octanol–water partition coefficient (Wildman–Crippen LogP) is 10.5. The van der Waals surface area contributed by atoms with Crippen LogP contribution in [-0.2, 0) is 32.2 Å². The average molecular weight is 633 g/mol. The molecule has 0 aliphatic carbocycles. The predicted molar refractivity (Wildman–Crippen MR) is 182 cm³/mol. The zero-order valence-electron chi connectivity index (χ0n) is 27.9. The van der Waals surface area contributed by atoms with E-state index in [2.05, 4.69) is 55.5 Å². The summed E-state index contributed by atoms with van der Waals surface area (Å²) in [6.07, 6.45) is -1.42. The number of hydrogen-bond donors (Lipinski definition) is 0. The van der Waals surface area contributed by atoms with Crippen LogP contribution in [0.3, 0.4) is 0 Å². The molecule has 0 fully saturated rings. The number of fused-ring (bicyclic) bond motifs is 6. The van der Waals surface area contributed by atoms with Crippen molar-refractivity contribution in [3.05, 3.63) is 118 Å². The summed E-state index contributed by atoms with van der Waals surface area (Å²) in [6, 6.07) is 28.8. The zero-order chi connectivity index (χ0) is 33.5. The van der Waals surface area contributed by atoms with Crippen molar-refractivity contribution in [1.82, 2.24) is 0 Å². The van der Waals surface area contributed by atoms with Crippen molar-refractivity contribution in [1.29, 1.82) is 0 Å². The molecule has 0 N–H and O–H groups in total. The lowest BCUT2D eigenvalue weighted by molar-refractivity contribution is -0.0119. The van der Waals surface area contributed by atoms with Gasteiger partial charge < -0.3 is 23.7 Å². The molecule has 7 heteroatoms. The number of carbonyl (C=O) groups excluding carboxylic acids is 2. The van der Waals surface area contributed by atoms with Crippen molar-refractivity contribution in [2.75, 3.05) is 0 Å². The summed E-state index contributed by atoms with van der Waals surface area (Å²) < 4.78 is 28.3. The number of rotatable bonds is 5. The summed E-state index contributed by atoms with van der Waals surface area (Å²) in [6.45, 7) is 13.1. The zero-order valence-corrected chi connectivity index (χ0v) is 27.9. The lowest BCUT2D eigenvalue weighted by Crippen LogP contribution is -2.24. The van der Waals surface area contributed by atoms with E-state index in [9.17, 15) is 9.59 Å². The third-order valence-electron chi connectivity index (χ3n) is 7.84. The van der Waals surface area contributed by atoms with Crippen LogP contribution in [0.2, 0.25) is 0 Å². The van der Waals surface area contributed by atoms with Crippen LogP contribution < -0.4 is 4.74 Å². The first-order valence-corrected chi connectivity index (χ1v) is 15.8. The molecule has 0 unspecified atom stereocenters. The maximum Gasteiger partial charge on any atom is 0.509 e. The first-order valence-electron chi connectivity index (χ1n) is 15.8. The van der Waals surface area contributed by atoms with Crippen molar-refractivity contribution >= 4 is 33.9 Å². The van der Waals surface area contributed by atoms with Gasteiger partial charge in [-0.05, 0) is 111 Å². The molecular weight excluding hydrogens is 592 g/mol. The van der Waals surface area contributed by atoms with Gasteiger partial charge in [-0.15, -0.1) is 0 Å². The molecule has 0 spiro atoms. The normalized spacial score (nSPS) is 13.0. The number of benzene rings is 5. The van der Waals surface area contributed by atoms with Crippen LogP contribution in [0.4, 0.5) is 9.59 Å². The molecule has 0 saturated carbocycles. The Bertz CT molecular complexity index is 1870. The number of ether oxygens (including phenoxy) is 5. The van der Waals surface area contributed by atoms with Crippen LogP contribution in [0.25, 0.3) is 21.5 Å². The Hall–Kier alpha value is -5.04. The van der Waals surface area contributed by atoms with Crippen molar-refractivity contribution in [2.24, 2.45) is 0 Å². The molecule has 242 valence electrons. The molecule has 0 bridgehead atoms. The number of hydrogen-bond acceptors (Lipinski definition) is 7. The fraction of sp³-hybridized carbons (Fsp3) is 0.300. The molecule has 47 heavy (non-hydrogen) atoms. The average Bonchev–Trinajstić information content (AvgIpc) is 2.99. The maximum absolute atomic E-state index is 12.3. The van der Waals surface area contributed by atoms with E-state index in [0.29, 0.717) is 0 Å². The van der Waals surface area contributed by atoms with Gasteiger partial charge in [0.25, 0.3) is 0 Å². The molecule has 0 atom stereocenters. The fourth-order valence-corrected chi connectivity index (χ4v) is 5.98. The molecule has 0 amide bonds. The summed E-state index contributed by atoms with van der Waals surface area (Å²) in [5.41, 5.74) is 4.73. The van der Waals surface area contributed by atoms with Gasteiger partial charge in [-0.2, -0.15) is 0 Å². The molecule has 5 aromatic carbocycles. The molecule has 0 radical (unpaired) electrons. The lowest BCUT2D eigenvalue weighted by Gasteiger charge is -2.31. The van der Waals surface area contributed by atoms with Crippen LogP contribution in [0, 0.1) is 6.92 Å². The highest BCUT2D eigenvalue weighted by molar-refractivity contribution is 5.95. The fourth-order valence-electron chi connectivity index (χ4n) is 5.98. The second-order valence-electron chi connectivity index (χ2n) is 14.0. The van der Waals surface area contributed by atoms with Gasteiger partial charge in [0.15, 0.2) is 0 Å². The third kappa shape index (κ3) is 7.19. The maximum atomic E-state index is 12.3. The highest BCUT2D eigenvalue weighted by Gasteiger charge is 2.32. The van der Waals surface area contributed by atoms with Gasteiger partial charge in [-0.3, -0.25) is 0 Å². The molecule has 1 aliphatic heterocycles. The molecule has 0 aromatic heterocycles. The van der Waals surface area contributed by atoms with E-state index in [4.69, 9.17) is 23.7 Å². The van der Waals surface area contributed by atoms with Crippen LogP contribution >= 0.6 is 0 Å². The molecule has 1 aliphatic rings. The highest BCUT2D eigenvalue weighted by Crippen LogP contribution is 2.52. The van der Waals surface area contributed by atoms with E-state index in [1.807, 2.05) is 36.4 Å². The minimum Gasteiger partial charge on any atom is -0.457 e. The lowest BCUT2D eigenvalue weighted by atomic mass is 9.78. The molecule has 6 rings (SSSR count). The van der Waals surface area contributed by atoms with Crippen LogP contribution in [0.15, 0.2) is 84.9 Å². The van der Waals surface area contributed by atoms with Crippen molar-refractivity contribution < 1.29 is 33.3 Å². The first-order chi connectivity index (χ1) is 22.2. The highest BCUT2D eigenvalue weighted by atomic mass is 16.7. The van der Waals surface area contributed by atoms with Crippen molar-refractivity contribution in [3.63, 3.8) is 0 Å². The Labute approximate surface area is 275 Å². The summed E-state index contributed by atoms with van der Waals surface area (Å²) in [5, 5.41) is 4.10. The minimum absolute atomic E-state index is 0.0744. The number of carbonyl (C=O) groups is 2. The van der Waals surface area contributed by atoms with Crippen LogP contribution in [0.5, 0.6) is 11.5 Å². The van der Waals surface area contributed by atoms with Crippen LogP contribution in [0.1, 0.15) is 80.8 Å². The summed E-state index contributed by atoms with van der Waals surface area (Å²) in [4.78, 5) is 24.7. The van der Waals surface area contributed by atoms with E-state index < -0.39 is 23.5 Å². The molecule has 1 heterocycles. The molecule has 5 aromatic rings. The molecule has 0 saturated heterocycles. The van der Waals surface area contributed by atoms with Gasteiger partial charge in [-0.25, -0.2) is 9.59 Å². The van der Waals surface area contributed by atoms with E-state index >= 15 is 0 Å². The summed E-state index contributed by atoms with van der Waals surface area (Å²) >= 11 is 0. The second kappa shape index (κ2) is 12.3. The van der Waals surface area contributed by atoms with E-state index in [1.165, 1.54) is 0 Å². The first kappa shape index (κ1) is 31.9. The van der Waals surface area contributed by atoms with Gasteiger partial charge in [0, 0.05) is 17.0 Å². The topological polar surface area (TPSA) is 80.3 Å². The largest absolute Gasteiger partial charge is 0.509 e. The number of aryl methyl sites for hydroxylation is 1. The van der Waals surface area contributed by atoms with Gasteiger partial charge >= 0.3 is 12.3 Å².